The normalized spacial score (nSPS) is 10.2. The zero-order valence-corrected chi connectivity index (χ0v) is 7.15. The molecular weight excluding hydrogens is 158 g/mol. The van der Waals surface area contributed by atoms with E-state index in [4.69, 9.17) is 0 Å². The third-order valence-corrected chi connectivity index (χ3v) is 1.72. The standard InChI is InChI=1S/C7H11N3O2/c1-3-4-6-8-5-7(9(6)2)10(11)12/h5H,3-4H2,1-2H3. The van der Waals surface area contributed by atoms with Gasteiger partial charge in [0.1, 0.15) is 6.20 Å². The molecule has 1 aromatic heterocycles. The van der Waals surface area contributed by atoms with E-state index in [1.807, 2.05) is 6.92 Å². The lowest BCUT2D eigenvalue weighted by Gasteiger charge is -1.95. The smallest absolute Gasteiger partial charge is 0.342 e. The molecule has 0 amide bonds. The molecule has 0 atom stereocenters. The van der Waals surface area contributed by atoms with E-state index < -0.39 is 4.92 Å². The molecule has 0 aliphatic rings. The lowest BCUT2D eigenvalue weighted by molar-refractivity contribution is -0.391. The summed E-state index contributed by atoms with van der Waals surface area (Å²) in [5.41, 5.74) is 0. The summed E-state index contributed by atoms with van der Waals surface area (Å²) in [6.07, 6.45) is 3.03. The quantitative estimate of drug-likeness (QED) is 0.505. The van der Waals surface area contributed by atoms with Crippen molar-refractivity contribution in [2.45, 2.75) is 19.8 Å². The minimum absolute atomic E-state index is 0.0541. The molecular formula is C7H11N3O2. The second-order valence-corrected chi connectivity index (χ2v) is 2.60. The fourth-order valence-electron chi connectivity index (χ4n) is 1.06. The lowest BCUT2D eigenvalue weighted by Crippen LogP contribution is -2.01. The van der Waals surface area contributed by atoms with Crippen LogP contribution in [-0.4, -0.2) is 14.5 Å². The summed E-state index contributed by atoms with van der Waals surface area (Å²) in [6, 6.07) is 0. The molecule has 1 heterocycles. The molecule has 0 bridgehead atoms. The van der Waals surface area contributed by atoms with Gasteiger partial charge in [-0.3, -0.25) is 0 Å². The fourth-order valence-corrected chi connectivity index (χ4v) is 1.06. The summed E-state index contributed by atoms with van der Waals surface area (Å²) in [5, 5.41) is 10.4. The topological polar surface area (TPSA) is 61.0 Å². The molecule has 0 N–H and O–H groups in total. The van der Waals surface area contributed by atoms with Gasteiger partial charge in [0, 0.05) is 6.42 Å². The van der Waals surface area contributed by atoms with Gasteiger partial charge in [-0.05, 0) is 11.3 Å². The Morgan fingerprint density at radius 3 is 2.83 bits per heavy atom. The van der Waals surface area contributed by atoms with Gasteiger partial charge in [0.2, 0.25) is 0 Å². The predicted molar refractivity (Wildman–Crippen MR) is 43.9 cm³/mol. The van der Waals surface area contributed by atoms with Crippen molar-refractivity contribution in [1.82, 2.24) is 9.55 Å². The van der Waals surface area contributed by atoms with Crippen molar-refractivity contribution in [3.8, 4) is 0 Å². The highest BCUT2D eigenvalue weighted by Gasteiger charge is 2.14. The van der Waals surface area contributed by atoms with Crippen molar-refractivity contribution in [2.24, 2.45) is 7.05 Å². The number of aromatic nitrogens is 2. The Kier molecular flexibility index (Phi) is 2.42. The van der Waals surface area contributed by atoms with Crippen LogP contribution < -0.4 is 0 Å². The Morgan fingerprint density at radius 2 is 2.42 bits per heavy atom. The number of nitro groups is 1. The molecule has 0 radical (unpaired) electrons. The van der Waals surface area contributed by atoms with E-state index in [0.717, 1.165) is 18.7 Å². The van der Waals surface area contributed by atoms with Crippen LogP contribution in [0.15, 0.2) is 6.20 Å². The number of aryl methyl sites for hydroxylation is 1. The molecule has 12 heavy (non-hydrogen) atoms. The van der Waals surface area contributed by atoms with Gasteiger partial charge in [0.05, 0.1) is 7.05 Å². The van der Waals surface area contributed by atoms with Gasteiger partial charge in [-0.1, -0.05) is 6.92 Å². The van der Waals surface area contributed by atoms with Crippen molar-refractivity contribution in [1.29, 1.82) is 0 Å². The monoisotopic (exact) mass is 169 g/mol. The highest BCUT2D eigenvalue weighted by molar-refractivity contribution is 5.18. The minimum Gasteiger partial charge on any atom is -0.358 e. The van der Waals surface area contributed by atoms with Crippen molar-refractivity contribution < 1.29 is 4.92 Å². The van der Waals surface area contributed by atoms with E-state index in [-0.39, 0.29) is 5.82 Å². The van der Waals surface area contributed by atoms with Crippen LogP contribution in [0.25, 0.3) is 0 Å². The third-order valence-electron chi connectivity index (χ3n) is 1.72. The number of rotatable bonds is 3. The molecule has 1 rings (SSSR count). The number of hydrogen-bond donors (Lipinski definition) is 0. The number of nitrogens with zero attached hydrogens (tertiary/aromatic N) is 3. The summed E-state index contributed by atoms with van der Waals surface area (Å²) < 4.78 is 1.52. The van der Waals surface area contributed by atoms with E-state index in [1.165, 1.54) is 10.8 Å². The van der Waals surface area contributed by atoms with E-state index >= 15 is 0 Å². The predicted octanol–water partition coefficient (Wildman–Crippen LogP) is 1.28. The maximum absolute atomic E-state index is 10.4. The van der Waals surface area contributed by atoms with Crippen molar-refractivity contribution in [3.63, 3.8) is 0 Å². The maximum Gasteiger partial charge on any atom is 0.342 e. The highest BCUT2D eigenvalue weighted by Crippen LogP contribution is 2.12. The number of imidazole rings is 1. The van der Waals surface area contributed by atoms with Gasteiger partial charge in [-0.25, -0.2) is 9.55 Å². The zero-order valence-electron chi connectivity index (χ0n) is 7.15. The molecule has 0 spiro atoms. The first-order chi connectivity index (χ1) is 5.66. The van der Waals surface area contributed by atoms with Crippen LogP contribution in [0.1, 0.15) is 19.2 Å². The summed E-state index contributed by atoms with van der Waals surface area (Å²) in [7, 11) is 1.66. The largest absolute Gasteiger partial charge is 0.358 e. The molecule has 1 aromatic rings. The second kappa shape index (κ2) is 3.34. The molecule has 0 saturated heterocycles. The molecule has 5 heteroatoms. The van der Waals surface area contributed by atoms with Crippen LogP contribution in [0.2, 0.25) is 0 Å². The first-order valence-electron chi connectivity index (χ1n) is 3.81. The molecule has 0 aliphatic carbocycles. The van der Waals surface area contributed by atoms with Crippen LogP contribution in [0.3, 0.4) is 0 Å². The highest BCUT2D eigenvalue weighted by atomic mass is 16.6. The Hall–Kier alpha value is -1.39. The minimum atomic E-state index is -0.424. The van der Waals surface area contributed by atoms with Crippen molar-refractivity contribution in [2.75, 3.05) is 0 Å². The third kappa shape index (κ3) is 1.44. The van der Waals surface area contributed by atoms with Crippen LogP contribution in [0, 0.1) is 10.1 Å². The van der Waals surface area contributed by atoms with E-state index in [0.29, 0.717) is 0 Å². The second-order valence-electron chi connectivity index (χ2n) is 2.60. The van der Waals surface area contributed by atoms with Crippen LogP contribution >= 0.6 is 0 Å². The van der Waals surface area contributed by atoms with Gasteiger partial charge in [-0.15, -0.1) is 0 Å². The Balaban J connectivity index is 2.96. The van der Waals surface area contributed by atoms with Gasteiger partial charge in [0.25, 0.3) is 0 Å². The molecule has 0 aromatic carbocycles. The average Bonchev–Trinajstić information content (AvgIpc) is 2.34. The van der Waals surface area contributed by atoms with Crippen LogP contribution in [0.5, 0.6) is 0 Å². The van der Waals surface area contributed by atoms with Crippen LogP contribution in [-0.2, 0) is 13.5 Å². The molecule has 5 nitrogen and oxygen atoms in total. The Bertz CT molecular complexity index is 293. The maximum atomic E-state index is 10.4. The van der Waals surface area contributed by atoms with Crippen molar-refractivity contribution in [3.05, 3.63) is 22.1 Å². The van der Waals surface area contributed by atoms with Gasteiger partial charge in [-0.2, -0.15) is 0 Å². The molecule has 0 aliphatic heterocycles. The van der Waals surface area contributed by atoms with Gasteiger partial charge < -0.3 is 10.1 Å². The zero-order chi connectivity index (χ0) is 9.14. The van der Waals surface area contributed by atoms with Gasteiger partial charge in [0.15, 0.2) is 5.82 Å². The lowest BCUT2D eigenvalue weighted by atomic mass is 10.3. The SMILES string of the molecule is CCCc1ncc([N+](=O)[O-])n1C. The molecule has 0 unspecified atom stereocenters. The summed E-state index contributed by atoms with van der Waals surface area (Å²) in [4.78, 5) is 13.9. The fraction of sp³-hybridized carbons (Fsp3) is 0.571. The summed E-state index contributed by atoms with van der Waals surface area (Å²) in [5.74, 6) is 0.822. The van der Waals surface area contributed by atoms with E-state index in [9.17, 15) is 10.1 Å². The Labute approximate surface area is 70.2 Å². The molecule has 0 saturated carbocycles. The summed E-state index contributed by atoms with van der Waals surface area (Å²) >= 11 is 0. The first-order valence-corrected chi connectivity index (χ1v) is 3.81. The van der Waals surface area contributed by atoms with Crippen LogP contribution in [0.4, 0.5) is 5.82 Å². The average molecular weight is 169 g/mol. The van der Waals surface area contributed by atoms with E-state index in [1.54, 1.807) is 7.05 Å². The molecule has 0 fully saturated rings. The number of hydrogen-bond acceptors (Lipinski definition) is 3. The first kappa shape index (κ1) is 8.70. The summed E-state index contributed by atoms with van der Waals surface area (Å²) in [6.45, 7) is 2.01. The Morgan fingerprint density at radius 1 is 1.75 bits per heavy atom. The van der Waals surface area contributed by atoms with Crippen molar-refractivity contribution >= 4 is 5.82 Å². The molecule has 66 valence electrons. The van der Waals surface area contributed by atoms with E-state index in [2.05, 4.69) is 4.98 Å². The van der Waals surface area contributed by atoms with Gasteiger partial charge >= 0.3 is 5.82 Å².